The standard InChI is InChI=1S/C15H16N2S/c1-8-6-9(2)13-12(7-8)17-11-5-3-4-10(11)14(13)15(16)18/h6-7H,3-5H2,1-2H3,(H2,16,18). The van der Waals surface area contributed by atoms with Gasteiger partial charge in [-0.05, 0) is 55.9 Å². The van der Waals surface area contributed by atoms with Crippen LogP contribution in [0.25, 0.3) is 10.9 Å². The van der Waals surface area contributed by atoms with Crippen LogP contribution in [-0.2, 0) is 12.8 Å². The van der Waals surface area contributed by atoms with E-state index in [1.54, 1.807) is 0 Å². The zero-order chi connectivity index (χ0) is 12.9. The number of rotatable bonds is 1. The summed E-state index contributed by atoms with van der Waals surface area (Å²) in [7, 11) is 0. The van der Waals surface area contributed by atoms with E-state index in [9.17, 15) is 0 Å². The highest BCUT2D eigenvalue weighted by Gasteiger charge is 2.21. The van der Waals surface area contributed by atoms with Gasteiger partial charge in [0.05, 0.1) is 5.52 Å². The molecule has 0 saturated heterocycles. The Hall–Kier alpha value is -1.48. The number of nitrogens with zero attached hydrogens (tertiary/aromatic N) is 1. The van der Waals surface area contributed by atoms with E-state index in [1.165, 1.54) is 22.4 Å². The summed E-state index contributed by atoms with van der Waals surface area (Å²) in [6, 6.07) is 4.30. The molecule has 0 atom stereocenters. The third-order valence-electron chi connectivity index (χ3n) is 3.70. The molecule has 2 aromatic rings. The Kier molecular flexibility index (Phi) is 2.59. The van der Waals surface area contributed by atoms with Crippen LogP contribution >= 0.6 is 12.2 Å². The Bertz CT molecular complexity index is 674. The van der Waals surface area contributed by atoms with Crippen LogP contribution in [0.3, 0.4) is 0 Å². The minimum absolute atomic E-state index is 0.507. The molecule has 1 aliphatic rings. The van der Waals surface area contributed by atoms with Crippen molar-refractivity contribution in [1.29, 1.82) is 0 Å². The van der Waals surface area contributed by atoms with E-state index < -0.39 is 0 Å². The number of hydrogen-bond acceptors (Lipinski definition) is 2. The van der Waals surface area contributed by atoms with Crippen molar-refractivity contribution in [2.45, 2.75) is 33.1 Å². The van der Waals surface area contributed by atoms with E-state index in [-0.39, 0.29) is 0 Å². The third kappa shape index (κ3) is 1.62. The van der Waals surface area contributed by atoms with E-state index in [0.29, 0.717) is 4.99 Å². The maximum absolute atomic E-state index is 5.96. The molecule has 1 heterocycles. The van der Waals surface area contributed by atoms with E-state index in [0.717, 1.165) is 35.7 Å². The second-order valence-corrected chi connectivity index (χ2v) is 5.55. The fourth-order valence-corrected chi connectivity index (χ4v) is 3.27. The molecule has 0 radical (unpaired) electrons. The summed E-state index contributed by atoms with van der Waals surface area (Å²) in [6.45, 7) is 4.21. The SMILES string of the molecule is Cc1cc(C)c2c(C(N)=S)c3c(nc2c1)CCC3. The Morgan fingerprint density at radius 3 is 2.78 bits per heavy atom. The molecular weight excluding hydrogens is 240 g/mol. The number of hydrogen-bond donors (Lipinski definition) is 1. The zero-order valence-corrected chi connectivity index (χ0v) is 11.5. The molecule has 18 heavy (non-hydrogen) atoms. The molecule has 0 aliphatic heterocycles. The lowest BCUT2D eigenvalue weighted by atomic mass is 9.96. The molecule has 0 unspecified atom stereocenters. The predicted octanol–water partition coefficient (Wildman–Crippen LogP) is 2.97. The second-order valence-electron chi connectivity index (χ2n) is 5.11. The molecule has 2 N–H and O–H groups in total. The first-order valence-electron chi connectivity index (χ1n) is 6.30. The Morgan fingerprint density at radius 1 is 1.28 bits per heavy atom. The monoisotopic (exact) mass is 256 g/mol. The molecule has 0 amide bonds. The van der Waals surface area contributed by atoms with Gasteiger partial charge in [-0.1, -0.05) is 18.3 Å². The molecule has 1 aromatic carbocycles. The van der Waals surface area contributed by atoms with Crippen LogP contribution in [-0.4, -0.2) is 9.97 Å². The normalized spacial score (nSPS) is 13.9. The molecule has 0 saturated carbocycles. The first-order chi connectivity index (χ1) is 8.58. The van der Waals surface area contributed by atoms with Crippen LogP contribution in [0.4, 0.5) is 0 Å². The summed E-state index contributed by atoms with van der Waals surface area (Å²) in [5, 5.41) is 1.15. The van der Waals surface area contributed by atoms with Crippen molar-refractivity contribution in [3.05, 3.63) is 40.1 Å². The Morgan fingerprint density at radius 2 is 2.06 bits per heavy atom. The van der Waals surface area contributed by atoms with E-state index in [4.69, 9.17) is 22.9 Å². The number of benzene rings is 1. The highest BCUT2D eigenvalue weighted by Crippen LogP contribution is 2.32. The molecule has 0 fully saturated rings. The predicted molar refractivity (Wildman–Crippen MR) is 79.1 cm³/mol. The van der Waals surface area contributed by atoms with Crippen LogP contribution in [0.2, 0.25) is 0 Å². The van der Waals surface area contributed by atoms with Crippen molar-refractivity contribution in [3.63, 3.8) is 0 Å². The fraction of sp³-hybridized carbons (Fsp3) is 0.333. The molecule has 92 valence electrons. The third-order valence-corrected chi connectivity index (χ3v) is 3.91. The van der Waals surface area contributed by atoms with Gasteiger partial charge in [-0.25, -0.2) is 0 Å². The number of nitrogens with two attached hydrogens (primary N) is 1. The van der Waals surface area contributed by atoms with E-state index >= 15 is 0 Å². The molecule has 1 aromatic heterocycles. The topological polar surface area (TPSA) is 38.9 Å². The first-order valence-corrected chi connectivity index (χ1v) is 6.71. The fourth-order valence-electron chi connectivity index (χ4n) is 3.05. The molecule has 3 rings (SSSR count). The number of aryl methyl sites for hydroxylation is 3. The smallest absolute Gasteiger partial charge is 0.105 e. The van der Waals surface area contributed by atoms with Gasteiger partial charge < -0.3 is 5.73 Å². The highest BCUT2D eigenvalue weighted by atomic mass is 32.1. The van der Waals surface area contributed by atoms with Gasteiger partial charge in [-0.15, -0.1) is 0 Å². The quantitative estimate of drug-likeness (QED) is 0.797. The molecule has 0 spiro atoms. The van der Waals surface area contributed by atoms with Crippen LogP contribution in [0.5, 0.6) is 0 Å². The van der Waals surface area contributed by atoms with Crippen molar-refractivity contribution in [1.82, 2.24) is 4.98 Å². The van der Waals surface area contributed by atoms with Gasteiger partial charge in [0.2, 0.25) is 0 Å². The van der Waals surface area contributed by atoms with Gasteiger partial charge in [0.1, 0.15) is 4.99 Å². The summed E-state index contributed by atoms with van der Waals surface area (Å²) >= 11 is 5.27. The lowest BCUT2D eigenvalue weighted by Gasteiger charge is -2.14. The number of aromatic nitrogens is 1. The largest absolute Gasteiger partial charge is 0.389 e. The van der Waals surface area contributed by atoms with Gasteiger partial charge in [0.15, 0.2) is 0 Å². The van der Waals surface area contributed by atoms with Crippen molar-refractivity contribution in [2.75, 3.05) is 0 Å². The van der Waals surface area contributed by atoms with Crippen LogP contribution in [0.1, 0.15) is 34.4 Å². The zero-order valence-electron chi connectivity index (χ0n) is 10.7. The lowest BCUT2D eigenvalue weighted by Crippen LogP contribution is -2.14. The maximum Gasteiger partial charge on any atom is 0.105 e. The van der Waals surface area contributed by atoms with Crippen molar-refractivity contribution in [2.24, 2.45) is 5.73 Å². The van der Waals surface area contributed by atoms with Crippen LogP contribution in [0.15, 0.2) is 12.1 Å². The number of pyridine rings is 1. The molecular formula is C15H16N2S. The summed E-state index contributed by atoms with van der Waals surface area (Å²) in [6.07, 6.45) is 3.26. The van der Waals surface area contributed by atoms with Gasteiger partial charge >= 0.3 is 0 Å². The van der Waals surface area contributed by atoms with Gasteiger partial charge in [0.25, 0.3) is 0 Å². The van der Waals surface area contributed by atoms with Crippen molar-refractivity contribution in [3.8, 4) is 0 Å². The van der Waals surface area contributed by atoms with Gasteiger partial charge in [-0.3, -0.25) is 4.98 Å². The average Bonchev–Trinajstić information content (AvgIpc) is 2.72. The minimum Gasteiger partial charge on any atom is -0.389 e. The summed E-state index contributed by atoms with van der Waals surface area (Å²) in [4.78, 5) is 5.31. The Labute approximate surface area is 112 Å². The van der Waals surface area contributed by atoms with E-state index in [1.807, 2.05) is 0 Å². The average molecular weight is 256 g/mol. The second kappa shape index (κ2) is 4.02. The first kappa shape index (κ1) is 11.6. The molecule has 1 aliphatic carbocycles. The minimum atomic E-state index is 0.507. The van der Waals surface area contributed by atoms with E-state index in [2.05, 4.69) is 26.0 Å². The van der Waals surface area contributed by atoms with Crippen LogP contribution < -0.4 is 5.73 Å². The Balaban J connectivity index is 2.50. The molecule has 2 nitrogen and oxygen atoms in total. The van der Waals surface area contributed by atoms with Crippen molar-refractivity contribution >= 4 is 28.1 Å². The molecule has 0 bridgehead atoms. The number of thiocarbonyl (C=S) groups is 1. The summed E-state index contributed by atoms with van der Waals surface area (Å²) in [5.41, 5.74) is 13.0. The van der Waals surface area contributed by atoms with Crippen LogP contribution in [0, 0.1) is 13.8 Å². The summed E-state index contributed by atoms with van der Waals surface area (Å²) < 4.78 is 0. The van der Waals surface area contributed by atoms with Gasteiger partial charge in [-0.2, -0.15) is 0 Å². The van der Waals surface area contributed by atoms with Crippen molar-refractivity contribution < 1.29 is 0 Å². The summed E-state index contributed by atoms with van der Waals surface area (Å²) in [5.74, 6) is 0. The maximum atomic E-state index is 5.96. The van der Waals surface area contributed by atoms with Gasteiger partial charge in [0, 0.05) is 16.6 Å². The molecule has 3 heteroatoms. The lowest BCUT2D eigenvalue weighted by molar-refractivity contribution is 0.901. The highest BCUT2D eigenvalue weighted by molar-refractivity contribution is 7.80. The number of fused-ring (bicyclic) bond motifs is 2.